The average molecular weight is 233 g/mol. The molecule has 0 aliphatic heterocycles. The third kappa shape index (κ3) is 5.43. The summed E-state index contributed by atoms with van der Waals surface area (Å²) in [6.45, 7) is -2.82. The van der Waals surface area contributed by atoms with E-state index < -0.39 is 6.61 Å². The molecular formula is C6H8Cl2F2N2O. The van der Waals surface area contributed by atoms with Gasteiger partial charge in [0.1, 0.15) is 11.6 Å². The van der Waals surface area contributed by atoms with Gasteiger partial charge in [0.05, 0.1) is 6.20 Å². The molecule has 0 atom stereocenters. The molecule has 1 heterocycles. The van der Waals surface area contributed by atoms with Crippen molar-refractivity contribution in [3.05, 3.63) is 18.3 Å². The largest absolute Gasteiger partial charge is 0.433 e. The molecule has 0 radical (unpaired) electrons. The van der Waals surface area contributed by atoms with Crippen LogP contribution in [0.5, 0.6) is 5.75 Å². The molecule has 0 aromatic carbocycles. The summed E-state index contributed by atoms with van der Waals surface area (Å²) in [7, 11) is 0. The maximum absolute atomic E-state index is 11.5. The zero-order valence-corrected chi connectivity index (χ0v) is 7.95. The summed E-state index contributed by atoms with van der Waals surface area (Å²) in [6, 6.07) is 2.71. The highest BCUT2D eigenvalue weighted by Crippen LogP contribution is 2.12. The number of hydrogen-bond donors (Lipinski definition) is 1. The molecule has 7 heteroatoms. The van der Waals surface area contributed by atoms with Gasteiger partial charge in [-0.1, -0.05) is 0 Å². The molecule has 0 aliphatic rings. The van der Waals surface area contributed by atoms with Crippen molar-refractivity contribution in [1.29, 1.82) is 0 Å². The second kappa shape index (κ2) is 6.68. The van der Waals surface area contributed by atoms with Crippen LogP contribution in [0.2, 0.25) is 0 Å². The minimum atomic E-state index is -2.82. The van der Waals surface area contributed by atoms with Gasteiger partial charge in [0.2, 0.25) is 0 Å². The van der Waals surface area contributed by atoms with Crippen molar-refractivity contribution >= 4 is 30.6 Å². The molecule has 0 bridgehead atoms. The van der Waals surface area contributed by atoms with Crippen molar-refractivity contribution in [1.82, 2.24) is 4.98 Å². The predicted octanol–water partition coefficient (Wildman–Crippen LogP) is 2.11. The number of rotatable bonds is 2. The highest BCUT2D eigenvalue weighted by molar-refractivity contribution is 5.85. The van der Waals surface area contributed by atoms with Gasteiger partial charge < -0.3 is 10.5 Å². The number of hydrogen-bond acceptors (Lipinski definition) is 3. The fourth-order valence-corrected chi connectivity index (χ4v) is 0.564. The lowest BCUT2D eigenvalue weighted by atomic mass is 10.4. The first-order valence-corrected chi connectivity index (χ1v) is 2.85. The zero-order valence-electron chi connectivity index (χ0n) is 6.31. The minimum Gasteiger partial charge on any atom is -0.433 e. The molecule has 3 nitrogen and oxygen atoms in total. The maximum Gasteiger partial charge on any atom is 0.387 e. The summed E-state index contributed by atoms with van der Waals surface area (Å²) in [5, 5.41) is 0. The fourth-order valence-electron chi connectivity index (χ4n) is 0.564. The van der Waals surface area contributed by atoms with Crippen LogP contribution in [0.15, 0.2) is 18.3 Å². The molecule has 0 amide bonds. The fraction of sp³-hybridized carbons (Fsp3) is 0.167. The Morgan fingerprint density at radius 1 is 1.31 bits per heavy atom. The summed E-state index contributed by atoms with van der Waals surface area (Å²) in [5.74, 6) is 0.279. The van der Waals surface area contributed by atoms with Crippen molar-refractivity contribution < 1.29 is 13.5 Å². The average Bonchev–Trinajstić information content (AvgIpc) is 1.93. The van der Waals surface area contributed by atoms with E-state index in [1.54, 1.807) is 0 Å². The molecule has 0 aliphatic carbocycles. The second-order valence-electron chi connectivity index (χ2n) is 1.80. The molecule has 76 valence electrons. The molecule has 13 heavy (non-hydrogen) atoms. The molecule has 0 saturated carbocycles. The van der Waals surface area contributed by atoms with Gasteiger partial charge in [0, 0.05) is 0 Å². The van der Waals surface area contributed by atoms with E-state index >= 15 is 0 Å². The van der Waals surface area contributed by atoms with Crippen molar-refractivity contribution in [3.8, 4) is 5.75 Å². The summed E-state index contributed by atoms with van der Waals surface area (Å²) in [5.41, 5.74) is 5.20. The third-order valence-corrected chi connectivity index (χ3v) is 0.984. The van der Waals surface area contributed by atoms with Crippen LogP contribution in [-0.4, -0.2) is 11.6 Å². The van der Waals surface area contributed by atoms with Crippen LogP contribution in [-0.2, 0) is 0 Å². The normalized spacial score (nSPS) is 8.54. The standard InChI is InChI=1S/C6H6F2N2O.2ClH/c7-6(8)11-4-1-2-5(9)10-3-4;;/h1-3,6H,(H2,9,10);2*1H. The Bertz CT molecular complexity index is 233. The van der Waals surface area contributed by atoms with Gasteiger partial charge in [-0.2, -0.15) is 8.78 Å². The van der Waals surface area contributed by atoms with E-state index in [2.05, 4.69) is 9.72 Å². The number of ether oxygens (including phenoxy) is 1. The maximum atomic E-state index is 11.5. The molecule has 1 rings (SSSR count). The van der Waals surface area contributed by atoms with Gasteiger partial charge in [-0.15, -0.1) is 24.8 Å². The lowest BCUT2D eigenvalue weighted by molar-refractivity contribution is -0.0500. The first-order chi connectivity index (χ1) is 5.18. The lowest BCUT2D eigenvalue weighted by Crippen LogP contribution is -2.02. The van der Waals surface area contributed by atoms with Crippen molar-refractivity contribution in [2.24, 2.45) is 0 Å². The minimum absolute atomic E-state index is 0. The highest BCUT2D eigenvalue weighted by atomic mass is 35.5. The van der Waals surface area contributed by atoms with E-state index in [0.29, 0.717) is 0 Å². The summed E-state index contributed by atoms with van der Waals surface area (Å²) < 4.78 is 27.1. The number of halogens is 4. The van der Waals surface area contributed by atoms with E-state index in [1.165, 1.54) is 12.1 Å². The molecule has 0 unspecified atom stereocenters. The van der Waals surface area contributed by atoms with E-state index in [1.807, 2.05) is 0 Å². The van der Waals surface area contributed by atoms with Crippen LogP contribution in [0.4, 0.5) is 14.6 Å². The van der Waals surface area contributed by atoms with Crippen LogP contribution < -0.4 is 10.5 Å². The summed E-state index contributed by atoms with van der Waals surface area (Å²) in [4.78, 5) is 3.55. The van der Waals surface area contributed by atoms with E-state index in [-0.39, 0.29) is 36.4 Å². The van der Waals surface area contributed by atoms with E-state index in [0.717, 1.165) is 6.20 Å². The van der Waals surface area contributed by atoms with E-state index in [9.17, 15) is 8.78 Å². The number of alkyl halides is 2. The lowest BCUT2D eigenvalue weighted by Gasteiger charge is -2.02. The van der Waals surface area contributed by atoms with Crippen LogP contribution >= 0.6 is 24.8 Å². The molecule has 1 aromatic heterocycles. The first-order valence-electron chi connectivity index (χ1n) is 2.85. The topological polar surface area (TPSA) is 48.1 Å². The molecule has 0 fully saturated rings. The van der Waals surface area contributed by atoms with Gasteiger partial charge >= 0.3 is 6.61 Å². The molecule has 0 spiro atoms. The zero-order chi connectivity index (χ0) is 8.27. The molecule has 2 N–H and O–H groups in total. The van der Waals surface area contributed by atoms with Gasteiger partial charge in [-0.05, 0) is 12.1 Å². The Kier molecular flexibility index (Phi) is 7.55. The van der Waals surface area contributed by atoms with Gasteiger partial charge in [-0.3, -0.25) is 0 Å². The van der Waals surface area contributed by atoms with Gasteiger partial charge in [0.15, 0.2) is 0 Å². The van der Waals surface area contributed by atoms with Crippen molar-refractivity contribution in [2.45, 2.75) is 6.61 Å². The van der Waals surface area contributed by atoms with Crippen LogP contribution in [0.1, 0.15) is 0 Å². The molecule has 1 aromatic rings. The molecular weight excluding hydrogens is 225 g/mol. The molecule has 0 saturated heterocycles. The number of nitrogens with two attached hydrogens (primary N) is 1. The van der Waals surface area contributed by atoms with E-state index in [4.69, 9.17) is 5.73 Å². The number of nitrogens with zero attached hydrogens (tertiary/aromatic N) is 1. The predicted molar refractivity (Wildman–Crippen MR) is 49.8 cm³/mol. The van der Waals surface area contributed by atoms with Crippen LogP contribution in [0, 0.1) is 0 Å². The number of pyridine rings is 1. The Labute approximate surface area is 86.1 Å². The summed E-state index contributed by atoms with van der Waals surface area (Å²) >= 11 is 0. The van der Waals surface area contributed by atoms with Crippen molar-refractivity contribution in [2.75, 3.05) is 5.73 Å². The second-order valence-corrected chi connectivity index (χ2v) is 1.80. The Balaban J connectivity index is 0. The third-order valence-electron chi connectivity index (χ3n) is 0.984. The monoisotopic (exact) mass is 232 g/mol. The quantitative estimate of drug-likeness (QED) is 0.850. The van der Waals surface area contributed by atoms with Crippen molar-refractivity contribution in [3.63, 3.8) is 0 Å². The number of aromatic nitrogens is 1. The highest BCUT2D eigenvalue weighted by Gasteiger charge is 2.02. The van der Waals surface area contributed by atoms with Gasteiger partial charge in [0.25, 0.3) is 0 Å². The number of nitrogen functional groups attached to an aromatic ring is 1. The number of anilines is 1. The summed E-state index contributed by atoms with van der Waals surface area (Å²) in [6.07, 6.45) is 1.14. The van der Waals surface area contributed by atoms with Gasteiger partial charge in [-0.25, -0.2) is 4.98 Å². The first kappa shape index (κ1) is 14.7. The van der Waals surface area contributed by atoms with Crippen LogP contribution in [0.25, 0.3) is 0 Å². The Hall–Kier alpha value is -0.810. The smallest absolute Gasteiger partial charge is 0.387 e. The SMILES string of the molecule is Cl.Cl.Nc1ccc(OC(F)F)cn1. The Morgan fingerprint density at radius 3 is 2.31 bits per heavy atom. The Morgan fingerprint density at radius 2 is 1.92 bits per heavy atom. The van der Waals surface area contributed by atoms with Crippen LogP contribution in [0.3, 0.4) is 0 Å².